The van der Waals surface area contributed by atoms with Crippen LogP contribution < -0.4 is 4.90 Å². The Hall–Kier alpha value is -6.38. The molecule has 9 aromatic rings. The molecule has 2 nitrogen and oxygen atoms in total. The van der Waals surface area contributed by atoms with Gasteiger partial charge in [-0.25, -0.2) is 0 Å². The van der Waals surface area contributed by atoms with Gasteiger partial charge in [-0.05, 0) is 105 Å². The van der Waals surface area contributed by atoms with Gasteiger partial charge in [0, 0.05) is 27.8 Å². The van der Waals surface area contributed by atoms with Gasteiger partial charge in [0.05, 0.1) is 0 Å². The lowest BCUT2D eigenvalue weighted by Gasteiger charge is -2.26. The zero-order chi connectivity index (χ0) is 31.9. The molecule has 8 aromatic carbocycles. The van der Waals surface area contributed by atoms with Crippen molar-refractivity contribution in [1.29, 1.82) is 0 Å². The maximum Gasteiger partial charge on any atom is 0.136 e. The Balaban J connectivity index is 1.09. The lowest BCUT2D eigenvalue weighted by molar-refractivity contribution is 0.669. The van der Waals surface area contributed by atoms with Crippen molar-refractivity contribution in [2.24, 2.45) is 0 Å². The summed E-state index contributed by atoms with van der Waals surface area (Å²) < 4.78 is 6.14. The fourth-order valence-electron chi connectivity index (χ4n) is 6.77. The molecule has 0 radical (unpaired) electrons. The predicted molar refractivity (Wildman–Crippen MR) is 202 cm³/mol. The van der Waals surface area contributed by atoms with Gasteiger partial charge in [0.2, 0.25) is 0 Å². The first-order valence-corrected chi connectivity index (χ1v) is 16.3. The van der Waals surface area contributed by atoms with Crippen LogP contribution in [0.25, 0.3) is 66.1 Å². The molecule has 0 N–H and O–H groups in total. The van der Waals surface area contributed by atoms with E-state index in [0.29, 0.717) is 0 Å². The molecule has 1 aromatic heterocycles. The minimum atomic E-state index is 0.924. The molecule has 226 valence electrons. The number of para-hydroxylation sites is 1. The van der Waals surface area contributed by atoms with Crippen molar-refractivity contribution in [3.05, 3.63) is 188 Å². The first-order chi connectivity index (χ1) is 23.8. The molecule has 0 saturated heterocycles. The van der Waals surface area contributed by atoms with Gasteiger partial charge in [0.15, 0.2) is 0 Å². The highest BCUT2D eigenvalue weighted by atomic mass is 16.3. The Bertz CT molecular complexity index is 2430. The molecule has 0 bridgehead atoms. The van der Waals surface area contributed by atoms with Crippen LogP contribution in [-0.4, -0.2) is 0 Å². The van der Waals surface area contributed by atoms with E-state index in [0.717, 1.165) is 39.0 Å². The van der Waals surface area contributed by atoms with Crippen molar-refractivity contribution >= 4 is 49.8 Å². The minimum absolute atomic E-state index is 0.924. The molecule has 0 aliphatic carbocycles. The zero-order valence-electron chi connectivity index (χ0n) is 26.3. The second kappa shape index (κ2) is 11.8. The molecule has 48 heavy (non-hydrogen) atoms. The third-order valence-corrected chi connectivity index (χ3v) is 9.26. The molecule has 0 atom stereocenters. The number of fused-ring (bicyclic) bond motifs is 4. The van der Waals surface area contributed by atoms with Gasteiger partial charge < -0.3 is 9.32 Å². The van der Waals surface area contributed by atoms with Crippen LogP contribution in [-0.2, 0) is 0 Å². The smallest absolute Gasteiger partial charge is 0.136 e. The SMILES string of the molecule is c1ccc(-c2ccc(N(c3ccc(-c4ccccc4)cc3)c3ccc(-c4ccc5cc6oc7ccccc7c6cc5c4)cc3)cc2)cc1. The molecule has 0 aliphatic rings. The molecule has 0 aliphatic heterocycles. The zero-order valence-corrected chi connectivity index (χ0v) is 26.3. The fraction of sp³-hybridized carbons (Fsp3) is 0. The Kier molecular flexibility index (Phi) is 6.84. The Labute approximate surface area is 279 Å². The van der Waals surface area contributed by atoms with Gasteiger partial charge in [0.25, 0.3) is 0 Å². The Morgan fingerprint density at radius 1 is 0.292 bits per heavy atom. The van der Waals surface area contributed by atoms with E-state index in [4.69, 9.17) is 4.42 Å². The number of rotatable bonds is 6. The number of benzene rings is 8. The molecule has 0 saturated carbocycles. The van der Waals surface area contributed by atoms with E-state index in [1.807, 2.05) is 12.1 Å². The normalized spacial score (nSPS) is 11.3. The first kappa shape index (κ1) is 27.9. The molecule has 9 rings (SSSR count). The maximum absolute atomic E-state index is 6.14. The van der Waals surface area contributed by atoms with E-state index in [1.165, 1.54) is 44.2 Å². The highest BCUT2D eigenvalue weighted by Gasteiger charge is 2.14. The van der Waals surface area contributed by atoms with Gasteiger partial charge in [-0.3, -0.25) is 0 Å². The van der Waals surface area contributed by atoms with Crippen LogP contribution in [0.3, 0.4) is 0 Å². The third-order valence-electron chi connectivity index (χ3n) is 9.26. The number of furan rings is 1. The van der Waals surface area contributed by atoms with E-state index in [9.17, 15) is 0 Å². The van der Waals surface area contributed by atoms with Crippen LogP contribution in [0, 0.1) is 0 Å². The molecule has 2 heteroatoms. The third kappa shape index (κ3) is 5.10. The average Bonchev–Trinajstić information content (AvgIpc) is 3.53. The highest BCUT2D eigenvalue weighted by Crippen LogP contribution is 2.38. The second-order valence-electron chi connectivity index (χ2n) is 12.2. The van der Waals surface area contributed by atoms with Crippen LogP contribution in [0.15, 0.2) is 192 Å². The molecule has 0 spiro atoms. The number of anilines is 3. The average molecular weight is 614 g/mol. The molecular weight excluding hydrogens is 583 g/mol. The topological polar surface area (TPSA) is 16.4 Å². The summed E-state index contributed by atoms with van der Waals surface area (Å²) >= 11 is 0. The van der Waals surface area contributed by atoms with Crippen molar-refractivity contribution in [2.45, 2.75) is 0 Å². The van der Waals surface area contributed by atoms with Crippen LogP contribution in [0.4, 0.5) is 17.1 Å². The summed E-state index contributed by atoms with van der Waals surface area (Å²) in [6.45, 7) is 0. The lowest BCUT2D eigenvalue weighted by Crippen LogP contribution is -2.09. The number of nitrogens with zero attached hydrogens (tertiary/aromatic N) is 1. The summed E-state index contributed by atoms with van der Waals surface area (Å²) in [6, 6.07) is 67.0. The molecule has 1 heterocycles. The minimum Gasteiger partial charge on any atom is -0.456 e. The van der Waals surface area contributed by atoms with Crippen LogP contribution in [0.2, 0.25) is 0 Å². The maximum atomic E-state index is 6.14. The first-order valence-electron chi connectivity index (χ1n) is 16.3. The standard InChI is InChI=1S/C46H31NO/c1-3-9-32(10-4-1)34-17-23-40(24-18-34)47(41-25-19-35(20-26-41)33-11-5-2-6-12-33)42-27-21-36(22-28-42)37-15-16-38-31-46-44(30-39(38)29-37)43-13-7-8-14-45(43)48-46/h1-31H. The van der Waals surface area contributed by atoms with E-state index in [1.54, 1.807) is 0 Å². The van der Waals surface area contributed by atoms with Gasteiger partial charge in [-0.15, -0.1) is 0 Å². The van der Waals surface area contributed by atoms with Crippen LogP contribution in [0.1, 0.15) is 0 Å². The van der Waals surface area contributed by atoms with Crippen LogP contribution in [0.5, 0.6) is 0 Å². The summed E-state index contributed by atoms with van der Waals surface area (Å²) in [5.41, 5.74) is 12.4. The van der Waals surface area contributed by atoms with Gasteiger partial charge >= 0.3 is 0 Å². The van der Waals surface area contributed by atoms with Crippen molar-refractivity contribution < 1.29 is 4.42 Å². The van der Waals surface area contributed by atoms with Crippen molar-refractivity contribution in [2.75, 3.05) is 4.90 Å². The second-order valence-corrected chi connectivity index (χ2v) is 12.2. The Morgan fingerprint density at radius 2 is 0.750 bits per heavy atom. The summed E-state index contributed by atoms with van der Waals surface area (Å²) in [6.07, 6.45) is 0. The van der Waals surface area contributed by atoms with Gasteiger partial charge in [-0.1, -0.05) is 127 Å². The predicted octanol–water partition coefficient (Wildman–Crippen LogP) is 13.2. The van der Waals surface area contributed by atoms with Crippen molar-refractivity contribution in [3.8, 4) is 33.4 Å². The molecule has 0 fully saturated rings. The number of hydrogen-bond donors (Lipinski definition) is 0. The summed E-state index contributed by atoms with van der Waals surface area (Å²) in [5.74, 6) is 0. The monoisotopic (exact) mass is 613 g/mol. The van der Waals surface area contributed by atoms with Crippen molar-refractivity contribution in [3.63, 3.8) is 0 Å². The van der Waals surface area contributed by atoms with Crippen molar-refractivity contribution in [1.82, 2.24) is 0 Å². The molecule has 0 amide bonds. The molecule has 0 unspecified atom stereocenters. The van der Waals surface area contributed by atoms with E-state index >= 15 is 0 Å². The summed E-state index contributed by atoms with van der Waals surface area (Å²) in [5, 5.41) is 4.68. The van der Waals surface area contributed by atoms with Gasteiger partial charge in [-0.2, -0.15) is 0 Å². The van der Waals surface area contributed by atoms with Crippen LogP contribution >= 0.6 is 0 Å². The lowest BCUT2D eigenvalue weighted by atomic mass is 9.99. The number of hydrogen-bond acceptors (Lipinski definition) is 2. The van der Waals surface area contributed by atoms with E-state index in [-0.39, 0.29) is 0 Å². The van der Waals surface area contributed by atoms with E-state index < -0.39 is 0 Å². The van der Waals surface area contributed by atoms with E-state index in [2.05, 4.69) is 181 Å². The Morgan fingerprint density at radius 3 is 1.31 bits per heavy atom. The highest BCUT2D eigenvalue weighted by molar-refractivity contribution is 6.10. The fourth-order valence-corrected chi connectivity index (χ4v) is 6.77. The summed E-state index contributed by atoms with van der Waals surface area (Å²) in [7, 11) is 0. The van der Waals surface area contributed by atoms with Gasteiger partial charge in [0.1, 0.15) is 11.2 Å². The summed E-state index contributed by atoms with van der Waals surface area (Å²) in [4.78, 5) is 2.33. The quantitative estimate of drug-likeness (QED) is 0.185. The molecular formula is C46H31NO. The largest absolute Gasteiger partial charge is 0.456 e.